The van der Waals surface area contributed by atoms with E-state index >= 15 is 0 Å². The third-order valence-corrected chi connectivity index (χ3v) is 3.27. The first-order valence-electron chi connectivity index (χ1n) is 5.63. The van der Waals surface area contributed by atoms with Crippen LogP contribution in [0.4, 0.5) is 0 Å². The van der Waals surface area contributed by atoms with Crippen molar-refractivity contribution in [3.05, 3.63) is 0 Å². The third-order valence-electron chi connectivity index (χ3n) is 3.27. The molecule has 0 saturated carbocycles. The van der Waals surface area contributed by atoms with E-state index in [1.54, 1.807) is 4.90 Å². The standard InChI is InChI=1S/C11H18N2O2/c1-12-4-2-3-9(6-12)7-13-8-10(14)5-11(13)15/h9H,2-8H2,1H3. The number of nitrogens with zero attached hydrogens (tertiary/aromatic N) is 2. The molecule has 2 fully saturated rings. The van der Waals surface area contributed by atoms with E-state index in [1.807, 2.05) is 0 Å². The summed E-state index contributed by atoms with van der Waals surface area (Å²) >= 11 is 0. The maximum absolute atomic E-state index is 11.4. The van der Waals surface area contributed by atoms with Gasteiger partial charge in [0.25, 0.3) is 0 Å². The summed E-state index contributed by atoms with van der Waals surface area (Å²) in [4.78, 5) is 26.6. The number of hydrogen-bond donors (Lipinski definition) is 0. The van der Waals surface area contributed by atoms with E-state index in [0.29, 0.717) is 12.5 Å². The smallest absolute Gasteiger partial charge is 0.230 e. The van der Waals surface area contributed by atoms with Crippen molar-refractivity contribution in [1.29, 1.82) is 0 Å². The van der Waals surface area contributed by atoms with Crippen molar-refractivity contribution >= 4 is 11.7 Å². The first-order valence-corrected chi connectivity index (χ1v) is 5.63. The van der Waals surface area contributed by atoms with Gasteiger partial charge in [-0.15, -0.1) is 0 Å². The number of amides is 1. The Bertz CT molecular complexity index is 278. The molecule has 0 bridgehead atoms. The third kappa shape index (κ3) is 2.56. The number of piperidine rings is 1. The van der Waals surface area contributed by atoms with Gasteiger partial charge in [-0.1, -0.05) is 0 Å². The SMILES string of the molecule is CN1CCCC(CN2CC(=O)CC2=O)C1. The first kappa shape index (κ1) is 10.6. The molecule has 1 atom stereocenters. The molecule has 2 saturated heterocycles. The average Bonchev–Trinajstić information content (AvgIpc) is 2.45. The molecule has 2 aliphatic heterocycles. The highest BCUT2D eigenvalue weighted by Gasteiger charge is 2.30. The Kier molecular flexibility index (Phi) is 3.05. The lowest BCUT2D eigenvalue weighted by atomic mass is 9.98. The van der Waals surface area contributed by atoms with Crippen molar-refractivity contribution in [2.75, 3.05) is 33.2 Å². The Hall–Kier alpha value is -0.900. The van der Waals surface area contributed by atoms with Gasteiger partial charge in [0, 0.05) is 13.1 Å². The molecule has 0 radical (unpaired) electrons. The molecule has 84 valence electrons. The molecule has 0 N–H and O–H groups in total. The second-order valence-electron chi connectivity index (χ2n) is 4.76. The van der Waals surface area contributed by atoms with Crippen LogP contribution in [0.1, 0.15) is 19.3 Å². The summed E-state index contributed by atoms with van der Waals surface area (Å²) in [7, 11) is 2.11. The minimum absolute atomic E-state index is 0.0215. The van der Waals surface area contributed by atoms with Crippen LogP contribution < -0.4 is 0 Å². The Labute approximate surface area is 90.2 Å². The van der Waals surface area contributed by atoms with Gasteiger partial charge in [0.05, 0.1) is 13.0 Å². The van der Waals surface area contributed by atoms with Crippen molar-refractivity contribution in [2.24, 2.45) is 5.92 Å². The van der Waals surface area contributed by atoms with Crippen LogP contribution in [0.5, 0.6) is 0 Å². The van der Waals surface area contributed by atoms with Gasteiger partial charge in [0.15, 0.2) is 5.78 Å². The molecule has 2 aliphatic rings. The zero-order chi connectivity index (χ0) is 10.8. The molecule has 1 unspecified atom stereocenters. The van der Waals surface area contributed by atoms with Crippen molar-refractivity contribution in [3.8, 4) is 0 Å². The zero-order valence-corrected chi connectivity index (χ0v) is 9.24. The fourth-order valence-electron chi connectivity index (χ4n) is 2.54. The van der Waals surface area contributed by atoms with Gasteiger partial charge in [0.1, 0.15) is 0 Å². The van der Waals surface area contributed by atoms with E-state index in [4.69, 9.17) is 0 Å². The van der Waals surface area contributed by atoms with Gasteiger partial charge >= 0.3 is 0 Å². The van der Waals surface area contributed by atoms with Gasteiger partial charge < -0.3 is 9.80 Å². The Morgan fingerprint density at radius 1 is 1.40 bits per heavy atom. The monoisotopic (exact) mass is 210 g/mol. The Balaban J connectivity index is 1.86. The molecule has 0 aromatic rings. The summed E-state index contributed by atoms with van der Waals surface area (Å²) < 4.78 is 0. The number of likely N-dealkylation sites (tertiary alicyclic amines) is 2. The van der Waals surface area contributed by atoms with E-state index in [9.17, 15) is 9.59 Å². The van der Waals surface area contributed by atoms with Crippen LogP contribution >= 0.6 is 0 Å². The van der Waals surface area contributed by atoms with Crippen LogP contribution in [-0.2, 0) is 9.59 Å². The maximum Gasteiger partial charge on any atom is 0.230 e. The molecule has 0 aliphatic carbocycles. The molecule has 0 aromatic carbocycles. The van der Waals surface area contributed by atoms with Crippen LogP contribution in [0.2, 0.25) is 0 Å². The van der Waals surface area contributed by atoms with Gasteiger partial charge in [-0.05, 0) is 32.4 Å². The lowest BCUT2D eigenvalue weighted by molar-refractivity contribution is -0.128. The minimum Gasteiger partial charge on any atom is -0.335 e. The number of ketones is 1. The summed E-state index contributed by atoms with van der Waals surface area (Å²) in [5.41, 5.74) is 0. The predicted molar refractivity (Wildman–Crippen MR) is 56.4 cm³/mol. The summed E-state index contributed by atoms with van der Waals surface area (Å²) in [6, 6.07) is 0. The number of hydrogen-bond acceptors (Lipinski definition) is 3. The molecular weight excluding hydrogens is 192 g/mol. The highest BCUT2D eigenvalue weighted by molar-refractivity contribution is 6.05. The summed E-state index contributed by atoms with van der Waals surface area (Å²) in [5, 5.41) is 0. The average molecular weight is 210 g/mol. The Morgan fingerprint density at radius 3 is 2.80 bits per heavy atom. The molecule has 2 heterocycles. The normalized spacial score (nSPS) is 28.9. The second kappa shape index (κ2) is 4.31. The fourth-order valence-corrected chi connectivity index (χ4v) is 2.54. The minimum atomic E-state index is 0.0215. The lowest BCUT2D eigenvalue weighted by Gasteiger charge is -2.32. The molecule has 1 amide bonds. The van der Waals surface area contributed by atoms with Gasteiger partial charge in [-0.25, -0.2) is 0 Å². The van der Waals surface area contributed by atoms with Crippen LogP contribution in [0, 0.1) is 5.92 Å². The number of carbonyl (C=O) groups excluding carboxylic acids is 2. The van der Waals surface area contributed by atoms with Crippen LogP contribution in [0.3, 0.4) is 0 Å². The van der Waals surface area contributed by atoms with E-state index in [1.165, 1.54) is 12.8 Å². The van der Waals surface area contributed by atoms with Crippen LogP contribution in [0.15, 0.2) is 0 Å². The number of Topliss-reactive ketones (excluding diaryl/α,β-unsaturated/α-hetero) is 1. The molecule has 4 heteroatoms. The molecule has 4 nitrogen and oxygen atoms in total. The van der Waals surface area contributed by atoms with Crippen molar-refractivity contribution in [3.63, 3.8) is 0 Å². The van der Waals surface area contributed by atoms with Gasteiger partial charge in [-0.2, -0.15) is 0 Å². The Morgan fingerprint density at radius 2 is 2.20 bits per heavy atom. The first-order chi connectivity index (χ1) is 7.15. The predicted octanol–water partition coefficient (Wildman–Crippen LogP) is 0.130. The molecule has 15 heavy (non-hydrogen) atoms. The summed E-state index contributed by atoms with van der Waals surface area (Å²) in [6.45, 7) is 3.33. The topological polar surface area (TPSA) is 40.6 Å². The number of carbonyl (C=O) groups is 2. The summed E-state index contributed by atoms with van der Waals surface area (Å²) in [5.74, 6) is 0.649. The summed E-state index contributed by atoms with van der Waals surface area (Å²) in [6.07, 6.45) is 2.52. The van der Waals surface area contributed by atoms with Crippen molar-refractivity contribution in [1.82, 2.24) is 9.80 Å². The van der Waals surface area contributed by atoms with E-state index < -0.39 is 0 Å². The molecule has 0 spiro atoms. The number of rotatable bonds is 2. The van der Waals surface area contributed by atoms with Gasteiger partial charge in [0.2, 0.25) is 5.91 Å². The van der Waals surface area contributed by atoms with E-state index in [2.05, 4.69) is 11.9 Å². The van der Waals surface area contributed by atoms with Crippen LogP contribution in [-0.4, -0.2) is 54.7 Å². The molecule has 0 aromatic heterocycles. The highest BCUT2D eigenvalue weighted by Crippen LogP contribution is 2.18. The van der Waals surface area contributed by atoms with Crippen molar-refractivity contribution < 1.29 is 9.59 Å². The largest absolute Gasteiger partial charge is 0.335 e. The second-order valence-corrected chi connectivity index (χ2v) is 4.76. The zero-order valence-electron chi connectivity index (χ0n) is 9.24. The van der Waals surface area contributed by atoms with Gasteiger partial charge in [-0.3, -0.25) is 9.59 Å². The van der Waals surface area contributed by atoms with Crippen molar-refractivity contribution in [2.45, 2.75) is 19.3 Å². The van der Waals surface area contributed by atoms with Crippen LogP contribution in [0.25, 0.3) is 0 Å². The van der Waals surface area contributed by atoms with E-state index in [-0.39, 0.29) is 18.1 Å². The quantitative estimate of drug-likeness (QED) is 0.608. The fraction of sp³-hybridized carbons (Fsp3) is 0.818. The lowest BCUT2D eigenvalue weighted by Crippen LogP contribution is -2.39. The van der Waals surface area contributed by atoms with E-state index in [0.717, 1.165) is 19.6 Å². The molecule has 2 rings (SSSR count). The maximum atomic E-state index is 11.4. The molecular formula is C11H18N2O2. The highest BCUT2D eigenvalue weighted by atomic mass is 16.2.